The van der Waals surface area contributed by atoms with Gasteiger partial charge in [0.2, 0.25) is 5.91 Å². The Morgan fingerprint density at radius 2 is 2.58 bits per heavy atom. The van der Waals surface area contributed by atoms with Crippen molar-refractivity contribution in [1.82, 2.24) is 15.0 Å². The van der Waals surface area contributed by atoms with Crippen LogP contribution in [0.5, 0.6) is 0 Å². The van der Waals surface area contributed by atoms with Crippen molar-refractivity contribution in [1.29, 1.82) is 0 Å². The van der Waals surface area contributed by atoms with Gasteiger partial charge in [0.25, 0.3) is 0 Å². The van der Waals surface area contributed by atoms with E-state index in [1.807, 2.05) is 17.8 Å². The summed E-state index contributed by atoms with van der Waals surface area (Å²) in [5.41, 5.74) is 2.07. The van der Waals surface area contributed by atoms with E-state index < -0.39 is 0 Å². The normalized spacial score (nSPS) is 9.83. The smallest absolute Gasteiger partial charge is 0.234 e. The van der Waals surface area contributed by atoms with Crippen LogP contribution in [0.25, 0.3) is 0 Å². The van der Waals surface area contributed by atoms with Crippen LogP contribution in [0.3, 0.4) is 0 Å². The van der Waals surface area contributed by atoms with E-state index in [-0.39, 0.29) is 5.91 Å². The average Bonchev–Trinajstić information content (AvgIpc) is 2.47. The van der Waals surface area contributed by atoms with E-state index in [1.165, 1.54) is 0 Å². The van der Waals surface area contributed by atoms with Gasteiger partial charge in [-0.15, -0.1) is 0 Å². The fourth-order valence-electron chi connectivity index (χ4n) is 0.935. The number of nitrogens with one attached hydrogen (secondary N) is 1. The zero-order chi connectivity index (χ0) is 8.97. The fraction of sp³-hybridized carbons (Fsp3) is 0.429. The molecular formula is C7H12N4O. The van der Waals surface area contributed by atoms with Gasteiger partial charge in [0.1, 0.15) is 5.82 Å². The van der Waals surface area contributed by atoms with Gasteiger partial charge < -0.3 is 4.57 Å². The van der Waals surface area contributed by atoms with E-state index in [2.05, 4.69) is 10.4 Å². The van der Waals surface area contributed by atoms with Gasteiger partial charge in [-0.3, -0.25) is 10.2 Å². The summed E-state index contributed by atoms with van der Waals surface area (Å²) in [5.74, 6) is 5.64. The van der Waals surface area contributed by atoms with Crippen LogP contribution in [0.1, 0.15) is 12.2 Å². The molecule has 0 saturated carbocycles. The van der Waals surface area contributed by atoms with Crippen LogP contribution in [0.15, 0.2) is 12.4 Å². The molecule has 1 aromatic rings. The number of carbonyl (C=O) groups excluding carboxylic acids is 1. The average molecular weight is 168 g/mol. The molecule has 0 aliphatic carbocycles. The first-order valence-corrected chi connectivity index (χ1v) is 3.69. The number of rotatable bonds is 3. The minimum atomic E-state index is -0.169. The van der Waals surface area contributed by atoms with Crippen LogP contribution in [0.2, 0.25) is 0 Å². The van der Waals surface area contributed by atoms with Crippen LogP contribution in [0.4, 0.5) is 0 Å². The van der Waals surface area contributed by atoms with E-state index in [1.54, 1.807) is 6.20 Å². The van der Waals surface area contributed by atoms with Crippen LogP contribution >= 0.6 is 0 Å². The Morgan fingerprint density at radius 3 is 3.08 bits per heavy atom. The summed E-state index contributed by atoms with van der Waals surface area (Å²) in [4.78, 5) is 14.8. The monoisotopic (exact) mass is 168 g/mol. The molecule has 0 aliphatic heterocycles. The van der Waals surface area contributed by atoms with Crippen molar-refractivity contribution in [2.24, 2.45) is 12.9 Å². The molecule has 5 nitrogen and oxygen atoms in total. The number of imidazole rings is 1. The van der Waals surface area contributed by atoms with Crippen LogP contribution in [0, 0.1) is 0 Å². The van der Waals surface area contributed by atoms with E-state index in [9.17, 15) is 4.79 Å². The van der Waals surface area contributed by atoms with Crippen molar-refractivity contribution in [3.05, 3.63) is 18.2 Å². The van der Waals surface area contributed by atoms with Crippen molar-refractivity contribution in [2.45, 2.75) is 12.8 Å². The van der Waals surface area contributed by atoms with Crippen LogP contribution < -0.4 is 11.3 Å². The zero-order valence-corrected chi connectivity index (χ0v) is 6.95. The quantitative estimate of drug-likeness (QED) is 0.357. The highest BCUT2D eigenvalue weighted by atomic mass is 16.2. The lowest BCUT2D eigenvalue weighted by Crippen LogP contribution is -2.30. The van der Waals surface area contributed by atoms with Gasteiger partial charge in [0, 0.05) is 32.3 Å². The van der Waals surface area contributed by atoms with Crippen molar-refractivity contribution < 1.29 is 4.79 Å². The first-order chi connectivity index (χ1) is 5.74. The number of hydrazine groups is 1. The second kappa shape index (κ2) is 3.87. The zero-order valence-electron chi connectivity index (χ0n) is 6.95. The molecule has 3 N–H and O–H groups in total. The summed E-state index contributed by atoms with van der Waals surface area (Å²) >= 11 is 0. The van der Waals surface area contributed by atoms with Crippen molar-refractivity contribution in [3.8, 4) is 0 Å². The van der Waals surface area contributed by atoms with Gasteiger partial charge in [-0.1, -0.05) is 0 Å². The summed E-state index contributed by atoms with van der Waals surface area (Å²) in [6.45, 7) is 0. The van der Waals surface area contributed by atoms with E-state index in [0.29, 0.717) is 12.8 Å². The number of nitrogens with two attached hydrogens (primary N) is 1. The third-order valence-electron chi connectivity index (χ3n) is 1.66. The summed E-state index contributed by atoms with van der Waals surface area (Å²) in [7, 11) is 1.89. The molecule has 12 heavy (non-hydrogen) atoms. The molecule has 0 aliphatic rings. The molecule has 66 valence electrons. The van der Waals surface area contributed by atoms with Gasteiger partial charge in [-0.2, -0.15) is 0 Å². The molecule has 1 heterocycles. The molecule has 0 aromatic carbocycles. The summed E-state index contributed by atoms with van der Waals surface area (Å²) in [6, 6.07) is 0. The Hall–Kier alpha value is -1.36. The second-order valence-corrected chi connectivity index (χ2v) is 2.52. The Bertz CT molecular complexity index is 268. The molecule has 0 spiro atoms. The maximum Gasteiger partial charge on any atom is 0.234 e. The number of amides is 1. The Labute approximate surface area is 70.6 Å². The summed E-state index contributed by atoms with van der Waals surface area (Å²) in [6.07, 6.45) is 4.54. The Balaban J connectivity index is 2.43. The minimum absolute atomic E-state index is 0.169. The van der Waals surface area contributed by atoms with E-state index in [0.717, 1.165) is 5.82 Å². The summed E-state index contributed by atoms with van der Waals surface area (Å²) < 4.78 is 1.88. The van der Waals surface area contributed by atoms with E-state index in [4.69, 9.17) is 5.84 Å². The first-order valence-electron chi connectivity index (χ1n) is 3.69. The topological polar surface area (TPSA) is 72.9 Å². The predicted octanol–water partition coefficient (Wildman–Crippen LogP) is -0.657. The van der Waals surface area contributed by atoms with Crippen molar-refractivity contribution in [2.75, 3.05) is 0 Å². The van der Waals surface area contributed by atoms with Crippen molar-refractivity contribution in [3.63, 3.8) is 0 Å². The number of aromatic nitrogens is 2. The Morgan fingerprint density at radius 1 is 1.83 bits per heavy atom. The lowest BCUT2D eigenvalue weighted by molar-refractivity contribution is -0.121. The molecule has 5 heteroatoms. The fourth-order valence-corrected chi connectivity index (χ4v) is 0.935. The van der Waals surface area contributed by atoms with Gasteiger partial charge in [0.05, 0.1) is 0 Å². The SMILES string of the molecule is Cn1ccnc1CCC(=O)NN. The molecule has 1 aromatic heterocycles. The maximum atomic E-state index is 10.7. The molecule has 0 atom stereocenters. The maximum absolute atomic E-state index is 10.7. The van der Waals surface area contributed by atoms with Gasteiger partial charge in [-0.05, 0) is 0 Å². The Kier molecular flexibility index (Phi) is 2.82. The van der Waals surface area contributed by atoms with Gasteiger partial charge in [0.15, 0.2) is 0 Å². The van der Waals surface area contributed by atoms with E-state index >= 15 is 0 Å². The molecule has 0 fully saturated rings. The minimum Gasteiger partial charge on any atom is -0.338 e. The van der Waals surface area contributed by atoms with Crippen molar-refractivity contribution >= 4 is 5.91 Å². The highest BCUT2D eigenvalue weighted by molar-refractivity contribution is 5.75. The molecular weight excluding hydrogens is 156 g/mol. The molecule has 0 unspecified atom stereocenters. The third-order valence-corrected chi connectivity index (χ3v) is 1.66. The second-order valence-electron chi connectivity index (χ2n) is 2.52. The first kappa shape index (κ1) is 8.73. The number of aryl methyl sites for hydroxylation is 2. The highest BCUT2D eigenvalue weighted by Gasteiger charge is 2.02. The van der Waals surface area contributed by atoms with Gasteiger partial charge >= 0.3 is 0 Å². The lowest BCUT2D eigenvalue weighted by atomic mass is 10.3. The number of hydrogen-bond donors (Lipinski definition) is 2. The standard InChI is InChI=1S/C7H12N4O/c1-11-5-4-9-6(11)2-3-7(12)10-8/h4-5H,2-3,8H2,1H3,(H,10,12). The molecule has 0 saturated heterocycles. The number of nitrogens with zero attached hydrogens (tertiary/aromatic N) is 2. The number of hydrogen-bond acceptors (Lipinski definition) is 3. The largest absolute Gasteiger partial charge is 0.338 e. The summed E-state index contributed by atoms with van der Waals surface area (Å²) in [5, 5.41) is 0. The predicted molar refractivity (Wildman–Crippen MR) is 43.9 cm³/mol. The van der Waals surface area contributed by atoms with Crippen LogP contribution in [-0.2, 0) is 18.3 Å². The number of carbonyl (C=O) groups is 1. The molecule has 1 amide bonds. The molecule has 1 rings (SSSR count). The molecule has 0 bridgehead atoms. The third kappa shape index (κ3) is 2.06. The van der Waals surface area contributed by atoms with Gasteiger partial charge in [-0.25, -0.2) is 10.8 Å². The van der Waals surface area contributed by atoms with Crippen LogP contribution in [-0.4, -0.2) is 15.5 Å². The molecule has 0 radical (unpaired) electrons. The lowest BCUT2D eigenvalue weighted by Gasteiger charge is -2.00. The highest BCUT2D eigenvalue weighted by Crippen LogP contribution is 1.97.